The fourth-order valence-electron chi connectivity index (χ4n) is 3.75. The maximum atomic E-state index is 14.2. The minimum absolute atomic E-state index is 0.0551. The zero-order chi connectivity index (χ0) is 27.0. The van der Waals surface area contributed by atoms with E-state index < -0.39 is 50.3 Å². The molecule has 1 heterocycles. The number of rotatable bonds is 8. The molecule has 1 atom stereocenters. The van der Waals surface area contributed by atoms with Gasteiger partial charge in [0.05, 0.1) is 34.0 Å². The molecule has 37 heavy (non-hydrogen) atoms. The van der Waals surface area contributed by atoms with Crippen LogP contribution in [-0.2, 0) is 30.7 Å². The molecule has 0 aromatic heterocycles. The van der Waals surface area contributed by atoms with Crippen molar-refractivity contribution in [2.75, 3.05) is 23.7 Å². The number of ether oxygens (including phenoxy) is 1. The normalized spacial score (nSPS) is 15.7. The van der Waals surface area contributed by atoms with E-state index in [4.69, 9.17) is 20.5 Å². The Hall–Kier alpha value is -3.06. The standard InChI is InChI=1S/C24H20ClF2NO7S2/c1-36(30,31)34-14-17-13-28(37(32,33)18-8-6-16(26)7-9-18)21-11-15(5-10-23(21)35-17)12-22(29)24-19(25)3-2-4-20(24)27/h2-11,17H,12-14H2,1H3/t17-/m1/s1. The minimum atomic E-state index is -4.27. The molecule has 0 spiro atoms. The van der Waals surface area contributed by atoms with Gasteiger partial charge in [0.2, 0.25) is 0 Å². The topological polar surface area (TPSA) is 107 Å². The summed E-state index contributed by atoms with van der Waals surface area (Å²) in [6.07, 6.45) is -0.442. The van der Waals surface area contributed by atoms with Crippen LogP contribution >= 0.6 is 11.6 Å². The lowest BCUT2D eigenvalue weighted by atomic mass is 10.0. The second-order valence-corrected chi connectivity index (χ2v) is 12.1. The summed E-state index contributed by atoms with van der Waals surface area (Å²) in [7, 11) is -8.11. The van der Waals surface area contributed by atoms with Crippen LogP contribution < -0.4 is 9.04 Å². The van der Waals surface area contributed by atoms with Crippen molar-refractivity contribution in [2.24, 2.45) is 0 Å². The summed E-state index contributed by atoms with van der Waals surface area (Å²) in [6.45, 7) is -0.793. The van der Waals surface area contributed by atoms with Crippen LogP contribution in [0.5, 0.6) is 5.75 Å². The van der Waals surface area contributed by atoms with Gasteiger partial charge < -0.3 is 4.74 Å². The number of ketones is 1. The maximum Gasteiger partial charge on any atom is 0.264 e. The van der Waals surface area contributed by atoms with E-state index in [0.29, 0.717) is 5.56 Å². The summed E-state index contributed by atoms with van der Waals surface area (Å²) in [6, 6.07) is 12.3. The van der Waals surface area contributed by atoms with Gasteiger partial charge in [-0.3, -0.25) is 13.3 Å². The van der Waals surface area contributed by atoms with E-state index >= 15 is 0 Å². The summed E-state index contributed by atoms with van der Waals surface area (Å²) in [5.74, 6) is -1.95. The predicted molar refractivity (Wildman–Crippen MR) is 132 cm³/mol. The number of nitrogens with zero attached hydrogens (tertiary/aromatic N) is 1. The third-order valence-electron chi connectivity index (χ3n) is 5.43. The predicted octanol–water partition coefficient (Wildman–Crippen LogP) is 3.98. The number of anilines is 1. The average molecular weight is 572 g/mol. The Morgan fingerprint density at radius 1 is 1.08 bits per heavy atom. The Kier molecular flexibility index (Phi) is 7.56. The molecule has 8 nitrogen and oxygen atoms in total. The van der Waals surface area contributed by atoms with E-state index in [0.717, 1.165) is 40.9 Å². The molecule has 0 saturated heterocycles. The highest BCUT2D eigenvalue weighted by molar-refractivity contribution is 7.92. The molecule has 0 amide bonds. The van der Waals surface area contributed by atoms with Crippen molar-refractivity contribution < 1.29 is 39.3 Å². The van der Waals surface area contributed by atoms with E-state index in [1.807, 2.05) is 0 Å². The molecule has 3 aromatic carbocycles. The van der Waals surface area contributed by atoms with E-state index in [-0.39, 0.29) is 39.9 Å². The number of Topliss-reactive ketones (excluding diaryl/α,β-unsaturated/α-hetero) is 1. The number of fused-ring (bicyclic) bond motifs is 1. The van der Waals surface area contributed by atoms with Gasteiger partial charge in [-0.05, 0) is 54.1 Å². The lowest BCUT2D eigenvalue weighted by molar-refractivity contribution is 0.0989. The van der Waals surface area contributed by atoms with E-state index in [2.05, 4.69) is 0 Å². The molecular formula is C24H20ClF2NO7S2. The number of hydrogen-bond donors (Lipinski definition) is 0. The zero-order valence-electron chi connectivity index (χ0n) is 19.2. The Morgan fingerprint density at radius 2 is 1.78 bits per heavy atom. The molecule has 13 heteroatoms. The van der Waals surface area contributed by atoms with E-state index in [1.54, 1.807) is 0 Å². The number of benzene rings is 3. The van der Waals surface area contributed by atoms with Gasteiger partial charge in [-0.2, -0.15) is 8.42 Å². The Labute approximate surface area is 217 Å². The van der Waals surface area contributed by atoms with Crippen molar-refractivity contribution in [3.63, 3.8) is 0 Å². The maximum absolute atomic E-state index is 14.2. The Balaban J connectivity index is 1.72. The van der Waals surface area contributed by atoms with Gasteiger partial charge in [0.15, 0.2) is 5.78 Å². The molecule has 3 aromatic rings. The van der Waals surface area contributed by atoms with Crippen LogP contribution in [0.15, 0.2) is 65.6 Å². The average Bonchev–Trinajstić information content (AvgIpc) is 2.82. The van der Waals surface area contributed by atoms with Gasteiger partial charge >= 0.3 is 0 Å². The number of carbonyl (C=O) groups is 1. The fraction of sp³-hybridized carbons (Fsp3) is 0.208. The van der Waals surface area contributed by atoms with Gasteiger partial charge in [-0.25, -0.2) is 17.2 Å². The molecule has 1 aliphatic rings. The molecule has 0 radical (unpaired) electrons. The summed E-state index contributed by atoms with van der Waals surface area (Å²) in [5.41, 5.74) is 0.119. The molecule has 0 unspecified atom stereocenters. The number of sulfonamides is 1. The van der Waals surface area contributed by atoms with Gasteiger partial charge in [0.1, 0.15) is 30.1 Å². The first-order valence-electron chi connectivity index (χ1n) is 10.7. The van der Waals surface area contributed by atoms with Crippen molar-refractivity contribution in [3.8, 4) is 5.75 Å². The molecule has 0 N–H and O–H groups in total. The molecule has 0 fully saturated rings. The molecular weight excluding hydrogens is 552 g/mol. The van der Waals surface area contributed by atoms with Crippen LogP contribution in [0.2, 0.25) is 5.02 Å². The van der Waals surface area contributed by atoms with Crippen molar-refractivity contribution in [1.82, 2.24) is 0 Å². The van der Waals surface area contributed by atoms with Crippen LogP contribution in [0.1, 0.15) is 15.9 Å². The Bertz CT molecular complexity index is 1540. The number of hydrogen-bond acceptors (Lipinski definition) is 7. The SMILES string of the molecule is CS(=O)(=O)OC[C@H]1CN(S(=O)(=O)c2ccc(F)cc2)c2cc(CC(=O)c3c(F)cccc3Cl)ccc2O1. The van der Waals surface area contributed by atoms with Crippen LogP contribution in [0.4, 0.5) is 14.5 Å². The lowest BCUT2D eigenvalue weighted by Gasteiger charge is -2.35. The first-order valence-corrected chi connectivity index (χ1v) is 14.4. The zero-order valence-corrected chi connectivity index (χ0v) is 21.6. The van der Waals surface area contributed by atoms with E-state index in [9.17, 15) is 30.4 Å². The Morgan fingerprint density at radius 3 is 2.43 bits per heavy atom. The first kappa shape index (κ1) is 27.0. The minimum Gasteiger partial charge on any atom is -0.484 e. The lowest BCUT2D eigenvalue weighted by Crippen LogP contribution is -2.45. The van der Waals surface area contributed by atoms with Gasteiger partial charge in [0.25, 0.3) is 20.1 Å². The molecule has 0 bridgehead atoms. The molecule has 1 aliphatic heterocycles. The van der Waals surface area contributed by atoms with Crippen LogP contribution in [-0.4, -0.2) is 48.1 Å². The molecule has 4 rings (SSSR count). The van der Waals surface area contributed by atoms with E-state index in [1.165, 1.54) is 30.3 Å². The molecule has 0 saturated carbocycles. The highest BCUT2D eigenvalue weighted by Crippen LogP contribution is 2.38. The van der Waals surface area contributed by atoms with Crippen LogP contribution in [0.3, 0.4) is 0 Å². The molecule has 196 valence electrons. The van der Waals surface area contributed by atoms with Crippen molar-refractivity contribution in [3.05, 3.63) is 88.4 Å². The smallest absolute Gasteiger partial charge is 0.264 e. The van der Waals surface area contributed by atoms with Crippen LogP contribution in [0, 0.1) is 11.6 Å². The third-order valence-corrected chi connectivity index (χ3v) is 8.10. The van der Waals surface area contributed by atoms with Crippen molar-refractivity contribution >= 4 is 43.2 Å². The monoisotopic (exact) mass is 571 g/mol. The first-order chi connectivity index (χ1) is 17.3. The summed E-state index contributed by atoms with van der Waals surface area (Å²) in [5, 5.41) is -0.0551. The fourth-order valence-corrected chi connectivity index (χ4v) is 5.92. The summed E-state index contributed by atoms with van der Waals surface area (Å²) < 4.78 is 89.1. The summed E-state index contributed by atoms with van der Waals surface area (Å²) >= 11 is 6.00. The van der Waals surface area contributed by atoms with Gasteiger partial charge in [-0.15, -0.1) is 0 Å². The molecule has 0 aliphatic carbocycles. The van der Waals surface area contributed by atoms with Gasteiger partial charge in [-0.1, -0.05) is 23.7 Å². The van der Waals surface area contributed by atoms with Crippen molar-refractivity contribution in [2.45, 2.75) is 17.4 Å². The van der Waals surface area contributed by atoms with Gasteiger partial charge in [0, 0.05) is 6.42 Å². The quantitative estimate of drug-likeness (QED) is 0.297. The van der Waals surface area contributed by atoms with Crippen molar-refractivity contribution in [1.29, 1.82) is 0 Å². The summed E-state index contributed by atoms with van der Waals surface area (Å²) in [4.78, 5) is 12.6. The highest BCUT2D eigenvalue weighted by atomic mass is 35.5. The van der Waals surface area contributed by atoms with Crippen LogP contribution in [0.25, 0.3) is 0 Å². The largest absolute Gasteiger partial charge is 0.484 e. The second kappa shape index (κ2) is 10.4. The third kappa shape index (κ3) is 6.09. The number of halogens is 3. The second-order valence-electron chi connectivity index (χ2n) is 8.22. The highest BCUT2D eigenvalue weighted by Gasteiger charge is 2.35. The number of carbonyl (C=O) groups excluding carboxylic acids is 1.